The Kier molecular flexibility index (Phi) is 4.40. The molecule has 10 heteroatoms. The number of hydrogen-bond donors (Lipinski definition) is 2. The SMILES string of the molecule is CNc1nc(Nc2cn([C@H](C)C#N)nc2C)ncc1C(F)(F)F. The third-order valence-electron chi connectivity index (χ3n) is 3.08. The highest BCUT2D eigenvalue weighted by atomic mass is 19.4. The smallest absolute Gasteiger partial charge is 0.372 e. The van der Waals surface area contributed by atoms with Crippen LogP contribution in [0.25, 0.3) is 0 Å². The molecular formula is C13H14F3N7. The van der Waals surface area contributed by atoms with Crippen molar-refractivity contribution in [2.75, 3.05) is 17.7 Å². The molecule has 0 saturated heterocycles. The van der Waals surface area contributed by atoms with Crippen LogP contribution in [0.4, 0.5) is 30.6 Å². The molecule has 122 valence electrons. The quantitative estimate of drug-likeness (QED) is 0.898. The van der Waals surface area contributed by atoms with Gasteiger partial charge in [0, 0.05) is 13.2 Å². The number of rotatable bonds is 4. The Hall–Kier alpha value is -2.83. The van der Waals surface area contributed by atoms with E-state index in [9.17, 15) is 13.2 Å². The Morgan fingerprint density at radius 1 is 1.39 bits per heavy atom. The van der Waals surface area contributed by atoms with Crippen LogP contribution in [0.3, 0.4) is 0 Å². The predicted octanol–water partition coefficient (Wildman–Crippen LogP) is 2.87. The first-order valence-corrected chi connectivity index (χ1v) is 6.60. The normalized spacial score (nSPS) is 12.6. The topological polar surface area (TPSA) is 91.5 Å². The maximum absolute atomic E-state index is 12.8. The van der Waals surface area contributed by atoms with Gasteiger partial charge in [-0.3, -0.25) is 4.68 Å². The van der Waals surface area contributed by atoms with Crippen molar-refractivity contribution in [2.24, 2.45) is 0 Å². The van der Waals surface area contributed by atoms with Gasteiger partial charge in [0.05, 0.1) is 23.6 Å². The molecule has 2 rings (SSSR count). The fourth-order valence-corrected chi connectivity index (χ4v) is 1.82. The molecule has 0 unspecified atom stereocenters. The first-order chi connectivity index (χ1) is 10.8. The highest BCUT2D eigenvalue weighted by molar-refractivity contribution is 5.57. The van der Waals surface area contributed by atoms with Crippen molar-refractivity contribution in [1.82, 2.24) is 19.7 Å². The van der Waals surface area contributed by atoms with Gasteiger partial charge in [0.25, 0.3) is 0 Å². The molecule has 1 atom stereocenters. The highest BCUT2D eigenvalue weighted by Gasteiger charge is 2.35. The van der Waals surface area contributed by atoms with Gasteiger partial charge in [0.15, 0.2) is 0 Å². The number of hydrogen-bond acceptors (Lipinski definition) is 6. The monoisotopic (exact) mass is 325 g/mol. The number of aryl methyl sites for hydroxylation is 1. The third kappa shape index (κ3) is 3.50. The number of nitrogens with zero attached hydrogens (tertiary/aromatic N) is 5. The van der Waals surface area contributed by atoms with Gasteiger partial charge in [-0.25, -0.2) is 4.98 Å². The van der Waals surface area contributed by atoms with Gasteiger partial charge in [-0.1, -0.05) is 0 Å². The van der Waals surface area contributed by atoms with Gasteiger partial charge in [-0.15, -0.1) is 0 Å². The lowest BCUT2D eigenvalue weighted by molar-refractivity contribution is -0.137. The zero-order valence-corrected chi connectivity index (χ0v) is 12.6. The minimum Gasteiger partial charge on any atom is -0.372 e. The molecule has 0 fully saturated rings. The molecule has 7 nitrogen and oxygen atoms in total. The van der Waals surface area contributed by atoms with Crippen molar-refractivity contribution in [3.63, 3.8) is 0 Å². The van der Waals surface area contributed by atoms with Crippen molar-refractivity contribution in [3.8, 4) is 6.07 Å². The summed E-state index contributed by atoms with van der Waals surface area (Å²) >= 11 is 0. The first-order valence-electron chi connectivity index (χ1n) is 6.60. The zero-order chi connectivity index (χ0) is 17.2. The third-order valence-corrected chi connectivity index (χ3v) is 3.08. The van der Waals surface area contributed by atoms with E-state index in [1.54, 1.807) is 20.0 Å². The molecule has 0 spiro atoms. The summed E-state index contributed by atoms with van der Waals surface area (Å²) in [6, 6.07) is 1.57. The van der Waals surface area contributed by atoms with Crippen LogP contribution in [0.2, 0.25) is 0 Å². The van der Waals surface area contributed by atoms with Gasteiger partial charge < -0.3 is 10.6 Å². The summed E-state index contributed by atoms with van der Waals surface area (Å²) in [5, 5.41) is 18.2. The number of alkyl halides is 3. The molecule has 0 radical (unpaired) electrons. The first kappa shape index (κ1) is 16.5. The van der Waals surface area contributed by atoms with Gasteiger partial charge in [0.2, 0.25) is 5.95 Å². The van der Waals surface area contributed by atoms with Crippen molar-refractivity contribution < 1.29 is 13.2 Å². The molecule has 2 heterocycles. The van der Waals surface area contributed by atoms with Crippen LogP contribution in [0.1, 0.15) is 24.2 Å². The lowest BCUT2D eigenvalue weighted by atomic mass is 10.3. The Morgan fingerprint density at radius 2 is 2.09 bits per heavy atom. The standard InChI is InChI=1S/C13H14F3N7/c1-7(4-17)23-6-10(8(2)22-23)20-12-19-5-9(13(14,15)16)11(18-3)21-12/h5-7H,1-3H3,(H2,18,19,20,21)/t7-/m1/s1. The second-order valence-electron chi connectivity index (χ2n) is 4.74. The van der Waals surface area contributed by atoms with E-state index in [4.69, 9.17) is 5.26 Å². The summed E-state index contributed by atoms with van der Waals surface area (Å²) in [5.74, 6) is -0.333. The van der Waals surface area contributed by atoms with Crippen LogP contribution < -0.4 is 10.6 Å². The van der Waals surface area contributed by atoms with E-state index >= 15 is 0 Å². The van der Waals surface area contributed by atoms with E-state index in [0.717, 1.165) is 0 Å². The fourth-order valence-electron chi connectivity index (χ4n) is 1.82. The molecule has 2 N–H and O–H groups in total. The lowest BCUT2D eigenvalue weighted by Gasteiger charge is -2.12. The number of anilines is 3. The summed E-state index contributed by atoms with van der Waals surface area (Å²) < 4.78 is 39.9. The number of nitriles is 1. The Balaban J connectivity index is 2.31. The number of nitrogens with one attached hydrogen (secondary N) is 2. The van der Waals surface area contributed by atoms with Gasteiger partial charge >= 0.3 is 6.18 Å². The molecule has 0 aliphatic rings. The summed E-state index contributed by atoms with van der Waals surface area (Å²) in [4.78, 5) is 7.49. The van der Waals surface area contributed by atoms with Gasteiger partial charge in [0.1, 0.15) is 17.4 Å². The van der Waals surface area contributed by atoms with Crippen LogP contribution >= 0.6 is 0 Å². The second kappa shape index (κ2) is 6.12. The van der Waals surface area contributed by atoms with Crippen molar-refractivity contribution in [3.05, 3.63) is 23.7 Å². The molecule has 0 aliphatic carbocycles. The molecule has 0 saturated carbocycles. The van der Waals surface area contributed by atoms with E-state index in [1.165, 1.54) is 11.7 Å². The zero-order valence-electron chi connectivity index (χ0n) is 12.6. The highest BCUT2D eigenvalue weighted by Crippen LogP contribution is 2.33. The van der Waals surface area contributed by atoms with Crippen molar-refractivity contribution in [1.29, 1.82) is 5.26 Å². The molecule has 0 aromatic carbocycles. The molecule has 23 heavy (non-hydrogen) atoms. The van der Waals surface area contributed by atoms with Crippen molar-refractivity contribution >= 4 is 17.5 Å². The van der Waals surface area contributed by atoms with Crippen LogP contribution in [0.5, 0.6) is 0 Å². The van der Waals surface area contributed by atoms with Crippen molar-refractivity contribution in [2.45, 2.75) is 26.1 Å². The molecular weight excluding hydrogens is 311 g/mol. The minimum atomic E-state index is -4.54. The summed E-state index contributed by atoms with van der Waals surface area (Å²) in [7, 11) is 1.35. The van der Waals surface area contributed by atoms with Gasteiger partial charge in [-0.05, 0) is 13.8 Å². The largest absolute Gasteiger partial charge is 0.421 e. The van der Waals surface area contributed by atoms with E-state index in [0.29, 0.717) is 17.6 Å². The fraction of sp³-hybridized carbons (Fsp3) is 0.385. The maximum Gasteiger partial charge on any atom is 0.421 e. The average molecular weight is 325 g/mol. The van der Waals surface area contributed by atoms with Crippen LogP contribution in [0, 0.1) is 18.3 Å². The molecule has 0 aliphatic heterocycles. The number of halogens is 3. The molecule has 0 amide bonds. The maximum atomic E-state index is 12.8. The lowest BCUT2D eigenvalue weighted by Crippen LogP contribution is -2.12. The van der Waals surface area contributed by atoms with E-state index in [2.05, 4.69) is 25.7 Å². The Bertz CT molecular complexity index is 745. The minimum absolute atomic E-state index is 0.00499. The Morgan fingerprint density at radius 3 is 2.65 bits per heavy atom. The number of aromatic nitrogens is 4. The summed E-state index contributed by atoms with van der Waals surface area (Å²) in [6.07, 6.45) is -2.26. The average Bonchev–Trinajstić information content (AvgIpc) is 2.86. The summed E-state index contributed by atoms with van der Waals surface area (Å²) in [5.41, 5.74) is 0.131. The second-order valence-corrected chi connectivity index (χ2v) is 4.74. The van der Waals surface area contributed by atoms with Crippen LogP contribution in [-0.2, 0) is 6.18 Å². The predicted molar refractivity (Wildman–Crippen MR) is 77.2 cm³/mol. The van der Waals surface area contributed by atoms with Gasteiger partial charge in [-0.2, -0.15) is 28.5 Å². The van der Waals surface area contributed by atoms with E-state index < -0.39 is 17.8 Å². The van der Waals surface area contributed by atoms with E-state index in [-0.39, 0.29) is 11.8 Å². The molecule has 2 aromatic heterocycles. The molecule has 2 aromatic rings. The van der Waals surface area contributed by atoms with E-state index in [1.807, 2.05) is 6.07 Å². The van der Waals surface area contributed by atoms with Crippen LogP contribution in [0.15, 0.2) is 12.4 Å². The molecule has 0 bridgehead atoms. The Labute approximate surface area is 130 Å². The van der Waals surface area contributed by atoms with Crippen LogP contribution in [-0.4, -0.2) is 26.8 Å². The summed E-state index contributed by atoms with van der Waals surface area (Å²) in [6.45, 7) is 3.37.